The van der Waals surface area contributed by atoms with Crippen LogP contribution in [0.4, 0.5) is 0 Å². The molecule has 1 unspecified atom stereocenters. The van der Waals surface area contributed by atoms with Gasteiger partial charge in [-0.3, -0.25) is 4.79 Å². The van der Waals surface area contributed by atoms with E-state index >= 15 is 0 Å². The zero-order valence-electron chi connectivity index (χ0n) is 14.4. The van der Waals surface area contributed by atoms with Crippen LogP contribution in [-0.2, 0) is 13.1 Å². The molecular formula is C20H24ClN3O. The summed E-state index contributed by atoms with van der Waals surface area (Å²) in [5.41, 5.74) is 4.58. The summed E-state index contributed by atoms with van der Waals surface area (Å²) < 4.78 is 0. The van der Waals surface area contributed by atoms with Crippen LogP contribution in [0.15, 0.2) is 48.5 Å². The van der Waals surface area contributed by atoms with Crippen molar-refractivity contribution in [2.24, 2.45) is 0 Å². The molecule has 0 spiro atoms. The number of rotatable bonds is 2. The summed E-state index contributed by atoms with van der Waals surface area (Å²) in [7, 11) is 2.12. The zero-order valence-corrected chi connectivity index (χ0v) is 15.3. The summed E-state index contributed by atoms with van der Waals surface area (Å²) in [4.78, 5) is 17.5. The number of amides is 1. The first kappa shape index (κ1) is 17.9. The molecule has 2 aliphatic rings. The fourth-order valence-corrected chi connectivity index (χ4v) is 3.72. The predicted octanol–water partition coefficient (Wildman–Crippen LogP) is 2.84. The molecular weight excluding hydrogens is 334 g/mol. The highest BCUT2D eigenvalue weighted by molar-refractivity contribution is 5.95. The Morgan fingerprint density at radius 1 is 1.04 bits per heavy atom. The molecule has 1 atom stereocenters. The van der Waals surface area contributed by atoms with E-state index in [9.17, 15) is 4.79 Å². The number of fused-ring (bicyclic) bond motifs is 1. The van der Waals surface area contributed by atoms with Gasteiger partial charge in [0.1, 0.15) is 0 Å². The number of hydrogen-bond donors (Lipinski definition) is 1. The fraction of sp³-hybridized carbons (Fsp3) is 0.350. The Morgan fingerprint density at radius 3 is 2.60 bits per heavy atom. The van der Waals surface area contributed by atoms with Crippen LogP contribution in [0.2, 0.25) is 0 Å². The number of nitrogens with one attached hydrogen (secondary N) is 1. The molecule has 0 bridgehead atoms. The number of carbonyl (C=O) groups excluding carboxylic acids is 1. The van der Waals surface area contributed by atoms with Crippen molar-refractivity contribution in [3.05, 3.63) is 70.8 Å². The number of carbonyl (C=O) groups is 1. The third-order valence-electron chi connectivity index (χ3n) is 5.11. The minimum absolute atomic E-state index is 0. The highest BCUT2D eigenvalue weighted by Crippen LogP contribution is 2.27. The number of nitrogens with zero attached hydrogens (tertiary/aromatic N) is 2. The maximum Gasteiger partial charge on any atom is 0.254 e. The predicted molar refractivity (Wildman–Crippen MR) is 102 cm³/mol. The molecule has 0 saturated carbocycles. The molecule has 0 aromatic heterocycles. The minimum atomic E-state index is 0. The maximum atomic E-state index is 13.2. The quantitative estimate of drug-likeness (QED) is 0.897. The molecule has 132 valence electrons. The molecule has 2 aromatic carbocycles. The van der Waals surface area contributed by atoms with Gasteiger partial charge in [-0.05, 0) is 35.9 Å². The third-order valence-corrected chi connectivity index (χ3v) is 5.11. The summed E-state index contributed by atoms with van der Waals surface area (Å²) in [5, 5.41) is 3.34. The molecule has 25 heavy (non-hydrogen) atoms. The minimum Gasteiger partial charge on any atom is -0.329 e. The Bertz CT molecular complexity index is 750. The van der Waals surface area contributed by atoms with Crippen molar-refractivity contribution < 1.29 is 4.79 Å². The standard InChI is InChI=1S/C20H23N3O.ClH/c1-22-9-10-23(19(14-22)15-5-3-2-4-6-15)20(24)16-7-8-17-12-21-13-18(17)11-16;/h2-8,11,19,21H,9-10,12-14H2,1H3;1H. The molecule has 0 aliphatic carbocycles. The molecule has 1 N–H and O–H groups in total. The van der Waals surface area contributed by atoms with Gasteiger partial charge in [-0.15, -0.1) is 12.4 Å². The Hall–Kier alpha value is -1.88. The molecule has 4 rings (SSSR count). The van der Waals surface area contributed by atoms with E-state index in [1.807, 2.05) is 29.2 Å². The fourth-order valence-electron chi connectivity index (χ4n) is 3.72. The monoisotopic (exact) mass is 357 g/mol. The van der Waals surface area contributed by atoms with E-state index in [2.05, 4.69) is 41.5 Å². The van der Waals surface area contributed by atoms with Gasteiger partial charge >= 0.3 is 0 Å². The van der Waals surface area contributed by atoms with Crippen LogP contribution in [0.1, 0.15) is 33.1 Å². The van der Waals surface area contributed by atoms with Gasteiger partial charge in [0.15, 0.2) is 0 Å². The lowest BCUT2D eigenvalue weighted by Gasteiger charge is -2.40. The SMILES string of the molecule is CN1CCN(C(=O)c2ccc3c(c2)CNC3)C(c2ccccc2)C1.Cl. The molecule has 0 radical (unpaired) electrons. The van der Waals surface area contributed by atoms with E-state index in [0.29, 0.717) is 0 Å². The van der Waals surface area contributed by atoms with Crippen molar-refractivity contribution in [1.29, 1.82) is 0 Å². The Kier molecular flexibility index (Phi) is 5.42. The maximum absolute atomic E-state index is 13.2. The first-order chi connectivity index (χ1) is 11.7. The van der Waals surface area contributed by atoms with Gasteiger partial charge in [0.2, 0.25) is 0 Å². The smallest absolute Gasteiger partial charge is 0.254 e. The number of benzene rings is 2. The summed E-state index contributed by atoms with van der Waals surface area (Å²) in [6, 6.07) is 16.6. The van der Waals surface area contributed by atoms with Crippen LogP contribution in [0.25, 0.3) is 0 Å². The second kappa shape index (κ2) is 7.56. The lowest BCUT2D eigenvalue weighted by Crippen LogP contribution is -2.49. The van der Waals surface area contributed by atoms with Crippen LogP contribution in [0, 0.1) is 0 Å². The lowest BCUT2D eigenvalue weighted by molar-refractivity contribution is 0.0498. The topological polar surface area (TPSA) is 35.6 Å². The molecule has 1 fully saturated rings. The van der Waals surface area contributed by atoms with E-state index in [1.54, 1.807) is 0 Å². The van der Waals surface area contributed by atoms with Crippen molar-refractivity contribution >= 4 is 18.3 Å². The van der Waals surface area contributed by atoms with Crippen LogP contribution >= 0.6 is 12.4 Å². The number of halogens is 1. The largest absolute Gasteiger partial charge is 0.329 e. The van der Waals surface area contributed by atoms with E-state index < -0.39 is 0 Å². The summed E-state index contributed by atoms with van der Waals surface area (Å²) in [6.07, 6.45) is 0. The number of piperazine rings is 1. The van der Waals surface area contributed by atoms with Gasteiger partial charge in [-0.1, -0.05) is 36.4 Å². The molecule has 2 aromatic rings. The second-order valence-electron chi connectivity index (χ2n) is 6.77. The highest BCUT2D eigenvalue weighted by Gasteiger charge is 2.31. The molecule has 5 heteroatoms. The average molecular weight is 358 g/mol. The van der Waals surface area contributed by atoms with Gasteiger partial charge in [0.05, 0.1) is 6.04 Å². The number of hydrogen-bond acceptors (Lipinski definition) is 3. The van der Waals surface area contributed by atoms with Crippen molar-refractivity contribution in [1.82, 2.24) is 15.1 Å². The Balaban J connectivity index is 0.00000182. The van der Waals surface area contributed by atoms with Gasteiger partial charge in [-0.2, -0.15) is 0 Å². The summed E-state index contributed by atoms with van der Waals surface area (Å²) in [5.74, 6) is 0.145. The average Bonchev–Trinajstić information content (AvgIpc) is 3.09. The highest BCUT2D eigenvalue weighted by atomic mass is 35.5. The molecule has 1 amide bonds. The van der Waals surface area contributed by atoms with Gasteiger partial charge in [0.25, 0.3) is 5.91 Å². The second-order valence-corrected chi connectivity index (χ2v) is 6.77. The first-order valence-electron chi connectivity index (χ1n) is 8.59. The first-order valence-corrected chi connectivity index (χ1v) is 8.59. The molecule has 2 aliphatic heterocycles. The molecule has 1 saturated heterocycles. The van der Waals surface area contributed by atoms with Gasteiger partial charge in [-0.25, -0.2) is 0 Å². The van der Waals surface area contributed by atoms with Gasteiger partial charge in [0, 0.05) is 38.3 Å². The van der Waals surface area contributed by atoms with Crippen molar-refractivity contribution in [3.63, 3.8) is 0 Å². The Labute approximate surface area is 155 Å². The van der Waals surface area contributed by atoms with Crippen molar-refractivity contribution in [3.8, 4) is 0 Å². The Morgan fingerprint density at radius 2 is 1.80 bits per heavy atom. The van der Waals surface area contributed by atoms with Crippen LogP contribution in [-0.4, -0.2) is 42.4 Å². The summed E-state index contributed by atoms with van der Waals surface area (Å²) in [6.45, 7) is 4.33. The van der Waals surface area contributed by atoms with Crippen LogP contribution in [0.3, 0.4) is 0 Å². The number of likely N-dealkylation sites (N-methyl/N-ethyl adjacent to an activating group) is 1. The van der Waals surface area contributed by atoms with Crippen molar-refractivity contribution in [2.45, 2.75) is 19.1 Å². The zero-order chi connectivity index (χ0) is 16.5. The van der Waals surface area contributed by atoms with Crippen LogP contribution < -0.4 is 5.32 Å². The van der Waals surface area contributed by atoms with E-state index in [4.69, 9.17) is 0 Å². The van der Waals surface area contributed by atoms with E-state index in [-0.39, 0.29) is 24.4 Å². The van der Waals surface area contributed by atoms with E-state index in [0.717, 1.165) is 38.3 Å². The molecule has 2 heterocycles. The van der Waals surface area contributed by atoms with Crippen LogP contribution in [0.5, 0.6) is 0 Å². The summed E-state index contributed by atoms with van der Waals surface area (Å²) >= 11 is 0. The van der Waals surface area contributed by atoms with E-state index in [1.165, 1.54) is 16.7 Å². The lowest BCUT2D eigenvalue weighted by atomic mass is 10.00. The van der Waals surface area contributed by atoms with Gasteiger partial charge < -0.3 is 15.1 Å². The van der Waals surface area contributed by atoms with Crippen molar-refractivity contribution in [2.75, 3.05) is 26.7 Å². The molecule has 4 nitrogen and oxygen atoms in total. The normalized spacial score (nSPS) is 20.0. The third kappa shape index (κ3) is 3.56.